The fraction of sp³-hybridized carbons (Fsp3) is 0.250. The summed E-state index contributed by atoms with van der Waals surface area (Å²) in [4.78, 5) is 8.86. The van der Waals surface area contributed by atoms with Crippen LogP contribution in [0, 0.1) is 0 Å². The molecule has 0 amide bonds. The van der Waals surface area contributed by atoms with Crippen LogP contribution in [0.3, 0.4) is 0 Å². The maximum atomic E-state index is 5.81. The highest BCUT2D eigenvalue weighted by Gasteiger charge is 2.11. The molecule has 4 heteroatoms. The van der Waals surface area contributed by atoms with Gasteiger partial charge in [-0.3, -0.25) is 4.98 Å². The molecule has 1 aromatic carbocycles. The summed E-state index contributed by atoms with van der Waals surface area (Å²) in [6, 6.07) is 10.3. The fourth-order valence-electron chi connectivity index (χ4n) is 2.62. The zero-order chi connectivity index (χ0) is 13.9. The van der Waals surface area contributed by atoms with Gasteiger partial charge in [0.15, 0.2) is 0 Å². The number of aromatic nitrogens is 3. The molecule has 3 rings (SSSR count). The van der Waals surface area contributed by atoms with Gasteiger partial charge < -0.3 is 10.3 Å². The van der Waals surface area contributed by atoms with Gasteiger partial charge in [0.25, 0.3) is 0 Å². The maximum absolute atomic E-state index is 5.81. The van der Waals surface area contributed by atoms with Crippen LogP contribution in [0.4, 0.5) is 0 Å². The molecule has 4 nitrogen and oxygen atoms in total. The summed E-state index contributed by atoms with van der Waals surface area (Å²) in [6.07, 6.45) is 4.43. The number of pyridine rings is 1. The van der Waals surface area contributed by atoms with Crippen LogP contribution in [0.1, 0.15) is 23.9 Å². The van der Waals surface area contributed by atoms with Crippen molar-refractivity contribution < 1.29 is 0 Å². The topological polar surface area (TPSA) is 56.7 Å². The fourth-order valence-corrected chi connectivity index (χ4v) is 2.62. The number of nitrogens with zero attached hydrogens (tertiary/aromatic N) is 3. The Morgan fingerprint density at radius 3 is 2.70 bits per heavy atom. The summed E-state index contributed by atoms with van der Waals surface area (Å²) >= 11 is 0. The van der Waals surface area contributed by atoms with Crippen LogP contribution in [-0.2, 0) is 19.5 Å². The number of rotatable bonds is 4. The monoisotopic (exact) mass is 266 g/mol. The molecular formula is C16H18N4. The molecule has 0 aliphatic rings. The summed E-state index contributed by atoms with van der Waals surface area (Å²) in [7, 11) is 0. The van der Waals surface area contributed by atoms with Gasteiger partial charge in [-0.05, 0) is 24.1 Å². The third kappa shape index (κ3) is 2.18. The summed E-state index contributed by atoms with van der Waals surface area (Å²) in [5, 5.41) is 0. The van der Waals surface area contributed by atoms with Gasteiger partial charge in [0.05, 0.1) is 11.7 Å². The molecule has 2 N–H and O–H groups in total. The minimum atomic E-state index is 0.560. The second-order valence-electron chi connectivity index (χ2n) is 4.79. The van der Waals surface area contributed by atoms with E-state index in [1.165, 1.54) is 11.1 Å². The molecule has 2 heterocycles. The molecule has 20 heavy (non-hydrogen) atoms. The normalized spacial score (nSPS) is 11.1. The lowest BCUT2D eigenvalue weighted by Gasteiger charge is -2.09. The number of benzene rings is 1. The SMILES string of the molecule is CCn1c(Cc2ccccc2CN)nc2cnccc21. The second kappa shape index (κ2) is 5.43. The summed E-state index contributed by atoms with van der Waals surface area (Å²) < 4.78 is 2.24. The molecule has 0 aliphatic carbocycles. The zero-order valence-electron chi connectivity index (χ0n) is 11.6. The molecule has 3 aromatic rings. The van der Waals surface area contributed by atoms with Crippen molar-refractivity contribution in [2.45, 2.75) is 26.4 Å². The Hall–Kier alpha value is -2.20. The summed E-state index contributed by atoms with van der Waals surface area (Å²) in [6.45, 7) is 3.60. The summed E-state index contributed by atoms with van der Waals surface area (Å²) in [5.74, 6) is 1.07. The minimum absolute atomic E-state index is 0.560. The molecule has 0 unspecified atom stereocenters. The first-order valence-corrected chi connectivity index (χ1v) is 6.89. The first-order valence-electron chi connectivity index (χ1n) is 6.89. The van der Waals surface area contributed by atoms with Crippen molar-refractivity contribution in [3.8, 4) is 0 Å². The molecule has 0 aliphatic heterocycles. The van der Waals surface area contributed by atoms with E-state index < -0.39 is 0 Å². The average molecular weight is 266 g/mol. The molecule has 0 saturated heterocycles. The maximum Gasteiger partial charge on any atom is 0.114 e. The van der Waals surface area contributed by atoms with Gasteiger partial charge in [0, 0.05) is 25.7 Å². The lowest BCUT2D eigenvalue weighted by Crippen LogP contribution is -2.06. The molecule has 0 fully saturated rings. The van der Waals surface area contributed by atoms with E-state index in [4.69, 9.17) is 10.7 Å². The van der Waals surface area contributed by atoms with Crippen molar-refractivity contribution in [3.05, 3.63) is 59.7 Å². The molecule has 0 bridgehead atoms. The highest BCUT2D eigenvalue weighted by atomic mass is 15.1. The first kappa shape index (κ1) is 12.8. The van der Waals surface area contributed by atoms with E-state index in [1.54, 1.807) is 0 Å². The highest BCUT2D eigenvalue weighted by Crippen LogP contribution is 2.19. The Morgan fingerprint density at radius 2 is 1.95 bits per heavy atom. The van der Waals surface area contributed by atoms with Crippen molar-refractivity contribution in [2.24, 2.45) is 5.73 Å². The van der Waals surface area contributed by atoms with Gasteiger partial charge in [0.2, 0.25) is 0 Å². The van der Waals surface area contributed by atoms with E-state index in [0.29, 0.717) is 6.54 Å². The number of aryl methyl sites for hydroxylation is 1. The van der Waals surface area contributed by atoms with E-state index in [0.717, 1.165) is 29.8 Å². The Balaban J connectivity index is 2.06. The average Bonchev–Trinajstić information content (AvgIpc) is 2.85. The molecule has 0 saturated carbocycles. The van der Waals surface area contributed by atoms with Crippen molar-refractivity contribution in [2.75, 3.05) is 0 Å². The van der Waals surface area contributed by atoms with Crippen molar-refractivity contribution in [1.82, 2.24) is 14.5 Å². The Morgan fingerprint density at radius 1 is 1.15 bits per heavy atom. The zero-order valence-corrected chi connectivity index (χ0v) is 11.6. The molecule has 0 radical (unpaired) electrons. The molecule has 2 aromatic heterocycles. The lowest BCUT2D eigenvalue weighted by molar-refractivity contribution is 0.731. The quantitative estimate of drug-likeness (QED) is 0.789. The van der Waals surface area contributed by atoms with Crippen LogP contribution in [0.2, 0.25) is 0 Å². The number of hydrogen-bond donors (Lipinski definition) is 1. The number of nitrogens with two attached hydrogens (primary N) is 1. The first-order chi connectivity index (χ1) is 9.83. The Kier molecular flexibility index (Phi) is 3.48. The number of fused-ring (bicyclic) bond motifs is 1. The van der Waals surface area contributed by atoms with Gasteiger partial charge in [-0.1, -0.05) is 24.3 Å². The van der Waals surface area contributed by atoms with Crippen LogP contribution in [0.25, 0.3) is 11.0 Å². The third-order valence-electron chi connectivity index (χ3n) is 3.63. The van der Waals surface area contributed by atoms with E-state index in [9.17, 15) is 0 Å². The second-order valence-corrected chi connectivity index (χ2v) is 4.79. The minimum Gasteiger partial charge on any atom is -0.328 e. The van der Waals surface area contributed by atoms with Gasteiger partial charge in [-0.25, -0.2) is 4.98 Å². The molecular weight excluding hydrogens is 248 g/mol. The lowest BCUT2D eigenvalue weighted by atomic mass is 10.0. The van der Waals surface area contributed by atoms with Crippen LogP contribution in [0.5, 0.6) is 0 Å². The Bertz CT molecular complexity index is 730. The predicted molar refractivity (Wildman–Crippen MR) is 80.3 cm³/mol. The predicted octanol–water partition coefficient (Wildman–Crippen LogP) is 2.50. The van der Waals surface area contributed by atoms with E-state index in [1.807, 2.05) is 24.5 Å². The third-order valence-corrected chi connectivity index (χ3v) is 3.63. The van der Waals surface area contributed by atoms with Crippen molar-refractivity contribution in [3.63, 3.8) is 0 Å². The smallest absolute Gasteiger partial charge is 0.114 e. The molecule has 102 valence electrons. The van der Waals surface area contributed by atoms with Crippen LogP contribution in [-0.4, -0.2) is 14.5 Å². The molecule has 0 spiro atoms. The van der Waals surface area contributed by atoms with Gasteiger partial charge in [-0.2, -0.15) is 0 Å². The van der Waals surface area contributed by atoms with Crippen molar-refractivity contribution >= 4 is 11.0 Å². The summed E-state index contributed by atoms with van der Waals surface area (Å²) in [5.41, 5.74) is 10.3. The van der Waals surface area contributed by atoms with Gasteiger partial charge >= 0.3 is 0 Å². The van der Waals surface area contributed by atoms with Crippen LogP contribution in [0.15, 0.2) is 42.7 Å². The van der Waals surface area contributed by atoms with Gasteiger partial charge in [0.1, 0.15) is 11.3 Å². The van der Waals surface area contributed by atoms with Gasteiger partial charge in [-0.15, -0.1) is 0 Å². The highest BCUT2D eigenvalue weighted by molar-refractivity contribution is 5.74. The Labute approximate surface area is 118 Å². The largest absolute Gasteiger partial charge is 0.328 e. The van der Waals surface area contributed by atoms with Crippen LogP contribution >= 0.6 is 0 Å². The standard InChI is InChI=1S/C16H18N4/c1-2-20-15-7-8-18-11-14(15)19-16(20)9-12-5-3-4-6-13(12)10-17/h3-8,11H,2,9-10,17H2,1H3. The van der Waals surface area contributed by atoms with E-state index in [-0.39, 0.29) is 0 Å². The molecule has 0 atom stereocenters. The number of imidazole rings is 1. The van der Waals surface area contributed by atoms with E-state index >= 15 is 0 Å². The van der Waals surface area contributed by atoms with Crippen LogP contribution < -0.4 is 5.73 Å². The number of hydrogen-bond acceptors (Lipinski definition) is 3. The van der Waals surface area contributed by atoms with Crippen molar-refractivity contribution in [1.29, 1.82) is 0 Å². The van der Waals surface area contributed by atoms with E-state index in [2.05, 4.69) is 34.7 Å².